The molecular weight excluding hydrogens is 226 g/mol. The summed E-state index contributed by atoms with van der Waals surface area (Å²) in [7, 11) is 1.78. The van der Waals surface area contributed by atoms with Crippen molar-refractivity contribution in [2.75, 3.05) is 7.05 Å². The summed E-state index contributed by atoms with van der Waals surface area (Å²) in [6.07, 6.45) is 0. The zero-order valence-corrected chi connectivity index (χ0v) is 9.11. The van der Waals surface area contributed by atoms with Gasteiger partial charge < -0.3 is 0 Å². The van der Waals surface area contributed by atoms with Crippen molar-refractivity contribution in [2.24, 2.45) is 4.99 Å². The van der Waals surface area contributed by atoms with E-state index < -0.39 is 0 Å². The molecule has 0 aliphatic rings. The van der Waals surface area contributed by atoms with Gasteiger partial charge in [0.1, 0.15) is 0 Å². The number of hydrogen-bond donors (Lipinski definition) is 0. The Balaban J connectivity index is 3.24. The molecule has 3 nitrogen and oxygen atoms in total. The van der Waals surface area contributed by atoms with Crippen LogP contribution in [0.1, 0.15) is 19.9 Å². The number of nitrogens with zero attached hydrogens (tertiary/aromatic N) is 3. The zero-order valence-electron chi connectivity index (χ0n) is 6.71. The van der Waals surface area contributed by atoms with Gasteiger partial charge in [0.15, 0.2) is 3.92 Å². The molecule has 5 heteroatoms. The summed E-state index contributed by atoms with van der Waals surface area (Å²) in [5.41, 5.74) is 0. The molecule has 0 spiro atoms. The van der Waals surface area contributed by atoms with Gasteiger partial charge in [0, 0.05) is 13.1 Å². The summed E-state index contributed by atoms with van der Waals surface area (Å²) in [6.45, 7) is 4.17. The second-order valence-electron chi connectivity index (χ2n) is 2.40. The minimum atomic E-state index is 0.372. The molecule has 0 bridgehead atoms. The first-order valence-corrected chi connectivity index (χ1v) is 4.94. The Morgan fingerprint density at radius 1 is 1.64 bits per heavy atom. The molecule has 11 heavy (non-hydrogen) atoms. The zero-order chi connectivity index (χ0) is 8.43. The first-order valence-electron chi connectivity index (χ1n) is 3.33. The highest BCUT2D eigenvalue weighted by Crippen LogP contribution is 2.10. The van der Waals surface area contributed by atoms with Gasteiger partial charge in [-0.15, -0.1) is 0 Å². The van der Waals surface area contributed by atoms with Gasteiger partial charge in [0.05, 0.1) is 0 Å². The Kier molecular flexibility index (Phi) is 2.84. The number of aromatic nitrogens is 2. The number of hydrogen-bond acceptors (Lipinski definition) is 3. The van der Waals surface area contributed by atoms with E-state index in [1.54, 1.807) is 18.4 Å². The lowest BCUT2D eigenvalue weighted by molar-refractivity contribution is 0.509. The summed E-state index contributed by atoms with van der Waals surface area (Å²) >= 11 is 4.86. The average Bonchev–Trinajstić information content (AvgIpc) is 2.30. The van der Waals surface area contributed by atoms with Crippen molar-refractivity contribution in [3.63, 3.8) is 0 Å². The van der Waals surface area contributed by atoms with Gasteiger partial charge in [-0.2, -0.15) is 5.10 Å². The van der Waals surface area contributed by atoms with Crippen molar-refractivity contribution >= 4 is 27.3 Å². The second kappa shape index (κ2) is 3.49. The molecule has 0 unspecified atom stereocenters. The minimum absolute atomic E-state index is 0.372. The Morgan fingerprint density at radius 3 is 2.64 bits per heavy atom. The lowest BCUT2D eigenvalue weighted by Gasteiger charge is -2.02. The average molecular weight is 236 g/mol. The molecule has 0 saturated carbocycles. The predicted molar refractivity (Wildman–Crippen MR) is 49.7 cm³/mol. The van der Waals surface area contributed by atoms with E-state index in [0.717, 1.165) is 8.72 Å². The summed E-state index contributed by atoms with van der Waals surface area (Å²) < 4.78 is 2.78. The Labute approximate surface area is 77.9 Å². The first-order chi connectivity index (χ1) is 5.15. The van der Waals surface area contributed by atoms with Crippen LogP contribution in [-0.2, 0) is 0 Å². The molecule has 0 fully saturated rings. The van der Waals surface area contributed by atoms with Crippen molar-refractivity contribution in [1.29, 1.82) is 0 Å². The molecule has 0 aliphatic carbocycles. The van der Waals surface area contributed by atoms with Crippen molar-refractivity contribution in [1.82, 2.24) is 9.78 Å². The first kappa shape index (κ1) is 8.93. The molecule has 0 saturated heterocycles. The topological polar surface area (TPSA) is 30.2 Å². The highest BCUT2D eigenvalue weighted by Gasteiger charge is 2.03. The minimum Gasteiger partial charge on any atom is -0.261 e. The van der Waals surface area contributed by atoms with E-state index in [1.807, 2.05) is 4.68 Å². The van der Waals surface area contributed by atoms with E-state index in [1.165, 1.54) is 0 Å². The van der Waals surface area contributed by atoms with Crippen LogP contribution in [0.5, 0.6) is 0 Å². The van der Waals surface area contributed by atoms with Crippen molar-refractivity contribution in [3.05, 3.63) is 8.72 Å². The summed E-state index contributed by atoms with van der Waals surface area (Å²) in [5.74, 6) is 0. The third kappa shape index (κ3) is 1.90. The summed E-state index contributed by atoms with van der Waals surface area (Å²) in [4.78, 5) is 5.05. The third-order valence-electron chi connectivity index (χ3n) is 1.24. The van der Waals surface area contributed by atoms with E-state index in [2.05, 4.69) is 39.9 Å². The van der Waals surface area contributed by atoms with Crippen molar-refractivity contribution in [2.45, 2.75) is 19.9 Å². The van der Waals surface area contributed by atoms with Crippen molar-refractivity contribution in [3.8, 4) is 0 Å². The fourth-order valence-corrected chi connectivity index (χ4v) is 2.08. The molecule has 1 heterocycles. The largest absolute Gasteiger partial charge is 0.261 e. The maximum absolute atomic E-state index is 4.24. The molecule has 0 amide bonds. The van der Waals surface area contributed by atoms with E-state index >= 15 is 0 Å². The van der Waals surface area contributed by atoms with Crippen LogP contribution in [0.15, 0.2) is 8.91 Å². The molecule has 0 N–H and O–H groups in total. The molecular formula is C6H10BrN3S. The quantitative estimate of drug-likeness (QED) is 0.731. The van der Waals surface area contributed by atoms with E-state index in [0.29, 0.717) is 6.04 Å². The van der Waals surface area contributed by atoms with Gasteiger partial charge in [0.2, 0.25) is 4.80 Å². The standard InChI is InChI=1S/C6H10BrN3S/c1-4(2)10-6(8-3)11-5(7)9-10/h4H,1-3H3/b8-6+. The van der Waals surface area contributed by atoms with Crippen LogP contribution in [-0.4, -0.2) is 16.8 Å². The number of halogens is 1. The van der Waals surface area contributed by atoms with Crippen LogP contribution < -0.4 is 4.80 Å². The molecule has 1 aromatic rings. The highest BCUT2D eigenvalue weighted by molar-refractivity contribution is 9.11. The van der Waals surface area contributed by atoms with Crippen LogP contribution in [0, 0.1) is 0 Å². The lowest BCUT2D eigenvalue weighted by Crippen LogP contribution is -2.18. The summed E-state index contributed by atoms with van der Waals surface area (Å²) in [6, 6.07) is 0.372. The van der Waals surface area contributed by atoms with Crippen LogP contribution in [0.25, 0.3) is 0 Å². The van der Waals surface area contributed by atoms with Gasteiger partial charge >= 0.3 is 0 Å². The third-order valence-corrected chi connectivity index (χ3v) is 2.68. The number of rotatable bonds is 1. The predicted octanol–water partition coefficient (Wildman–Crippen LogP) is 1.82. The van der Waals surface area contributed by atoms with E-state index in [9.17, 15) is 0 Å². The van der Waals surface area contributed by atoms with Crippen LogP contribution >= 0.6 is 27.3 Å². The maximum Gasteiger partial charge on any atom is 0.203 e. The molecule has 1 aromatic heterocycles. The highest BCUT2D eigenvalue weighted by atomic mass is 79.9. The Hall–Kier alpha value is -0.160. The van der Waals surface area contributed by atoms with Crippen LogP contribution in [0.3, 0.4) is 0 Å². The second-order valence-corrected chi connectivity index (χ2v) is 4.63. The molecule has 0 atom stereocenters. The van der Waals surface area contributed by atoms with Gasteiger partial charge in [-0.3, -0.25) is 4.99 Å². The SMILES string of the molecule is C/N=c1/sc(Br)nn1C(C)C. The fourth-order valence-electron chi connectivity index (χ4n) is 0.754. The van der Waals surface area contributed by atoms with E-state index in [-0.39, 0.29) is 0 Å². The van der Waals surface area contributed by atoms with Gasteiger partial charge in [-0.1, -0.05) is 11.3 Å². The smallest absolute Gasteiger partial charge is 0.203 e. The maximum atomic E-state index is 4.24. The van der Waals surface area contributed by atoms with Crippen molar-refractivity contribution < 1.29 is 0 Å². The summed E-state index contributed by atoms with van der Waals surface area (Å²) in [5, 5.41) is 4.24. The van der Waals surface area contributed by atoms with Gasteiger partial charge in [-0.25, -0.2) is 4.68 Å². The molecule has 0 aliphatic heterocycles. The molecule has 0 radical (unpaired) electrons. The van der Waals surface area contributed by atoms with Gasteiger partial charge in [-0.05, 0) is 29.8 Å². The van der Waals surface area contributed by atoms with E-state index in [4.69, 9.17) is 0 Å². The lowest BCUT2D eigenvalue weighted by atomic mass is 10.4. The molecule has 62 valence electrons. The Bertz CT molecular complexity index is 299. The monoisotopic (exact) mass is 235 g/mol. The normalized spacial score (nSPS) is 13.0. The van der Waals surface area contributed by atoms with Crippen LogP contribution in [0.2, 0.25) is 0 Å². The fraction of sp³-hybridized carbons (Fsp3) is 0.667. The van der Waals surface area contributed by atoms with Crippen LogP contribution in [0.4, 0.5) is 0 Å². The van der Waals surface area contributed by atoms with Gasteiger partial charge in [0.25, 0.3) is 0 Å². The molecule has 1 rings (SSSR count). The Morgan fingerprint density at radius 2 is 2.27 bits per heavy atom. The molecule has 0 aromatic carbocycles.